The Morgan fingerprint density at radius 2 is 1.85 bits per heavy atom. The average Bonchev–Trinajstić information content (AvgIpc) is 3.27. The number of para-hydroxylation sites is 1. The van der Waals surface area contributed by atoms with Crippen LogP contribution in [0.15, 0.2) is 94.1 Å². The summed E-state index contributed by atoms with van der Waals surface area (Å²) in [4.78, 5) is 20.9. The van der Waals surface area contributed by atoms with E-state index < -0.39 is 0 Å². The normalized spacial score (nSPS) is 10.8. The molecule has 3 aromatic carbocycles. The molecular formula is C25H17BrN4O3. The van der Waals surface area contributed by atoms with Crippen LogP contribution in [0.4, 0.5) is 5.95 Å². The van der Waals surface area contributed by atoms with Crippen LogP contribution in [0.3, 0.4) is 0 Å². The summed E-state index contributed by atoms with van der Waals surface area (Å²) in [6.45, 7) is -0.139. The second-order valence-electron chi connectivity index (χ2n) is 7.17. The van der Waals surface area contributed by atoms with E-state index in [-0.39, 0.29) is 18.5 Å². The third-order valence-corrected chi connectivity index (χ3v) is 5.37. The number of fused-ring (bicyclic) bond motifs is 1. The van der Waals surface area contributed by atoms with Gasteiger partial charge in [0.2, 0.25) is 5.95 Å². The van der Waals surface area contributed by atoms with Gasteiger partial charge in [0.25, 0.3) is 5.91 Å². The molecule has 8 heteroatoms. The molecule has 2 heterocycles. The van der Waals surface area contributed by atoms with Gasteiger partial charge in [0.15, 0.2) is 12.4 Å². The van der Waals surface area contributed by atoms with E-state index in [0.717, 1.165) is 26.5 Å². The van der Waals surface area contributed by atoms with E-state index in [9.17, 15) is 4.79 Å². The van der Waals surface area contributed by atoms with Gasteiger partial charge >= 0.3 is 0 Å². The van der Waals surface area contributed by atoms with Crippen molar-refractivity contribution in [2.24, 2.45) is 0 Å². The quantitative estimate of drug-likeness (QED) is 0.320. The van der Waals surface area contributed by atoms with Gasteiger partial charge in [-0.15, -0.1) is 0 Å². The van der Waals surface area contributed by atoms with Crippen LogP contribution in [0.1, 0.15) is 0 Å². The maximum Gasteiger partial charge on any atom is 0.264 e. The van der Waals surface area contributed by atoms with Crippen LogP contribution < -0.4 is 10.1 Å². The summed E-state index contributed by atoms with van der Waals surface area (Å²) in [6.07, 6.45) is 1.60. The lowest BCUT2D eigenvalue weighted by molar-refractivity contribution is -0.118. The molecule has 0 aliphatic carbocycles. The minimum atomic E-state index is -0.345. The third-order valence-electron chi connectivity index (χ3n) is 4.88. The predicted octanol–water partition coefficient (Wildman–Crippen LogP) is 5.73. The smallest absolute Gasteiger partial charge is 0.264 e. The molecule has 0 aliphatic heterocycles. The van der Waals surface area contributed by atoms with Crippen LogP contribution in [-0.4, -0.2) is 27.6 Å². The zero-order valence-corrected chi connectivity index (χ0v) is 18.8. The number of amides is 1. The molecule has 0 fully saturated rings. The van der Waals surface area contributed by atoms with Crippen molar-refractivity contribution in [3.05, 3.63) is 89.5 Å². The summed E-state index contributed by atoms with van der Waals surface area (Å²) in [5.74, 6) is 1.15. The van der Waals surface area contributed by atoms with Crippen molar-refractivity contribution >= 4 is 38.7 Å². The van der Waals surface area contributed by atoms with Gasteiger partial charge in [0.05, 0.1) is 11.1 Å². The molecule has 0 aliphatic rings. The first-order valence-electron chi connectivity index (χ1n) is 10.1. The zero-order chi connectivity index (χ0) is 22.6. The van der Waals surface area contributed by atoms with E-state index in [4.69, 9.17) is 9.26 Å². The van der Waals surface area contributed by atoms with Crippen molar-refractivity contribution < 1.29 is 14.1 Å². The Balaban J connectivity index is 1.37. The Kier molecular flexibility index (Phi) is 5.82. The molecule has 0 saturated carbocycles. The van der Waals surface area contributed by atoms with Crippen molar-refractivity contribution in [2.75, 3.05) is 11.9 Å². The first kappa shape index (κ1) is 20.8. The van der Waals surface area contributed by atoms with Gasteiger partial charge < -0.3 is 9.26 Å². The Labute approximate surface area is 197 Å². The molecule has 0 unspecified atom stereocenters. The van der Waals surface area contributed by atoms with Gasteiger partial charge in [0, 0.05) is 21.8 Å². The van der Waals surface area contributed by atoms with Crippen LogP contribution in [0.25, 0.3) is 33.5 Å². The Morgan fingerprint density at radius 3 is 2.70 bits per heavy atom. The standard InChI is InChI=1S/C25H17BrN4O3/c26-18-6-4-5-17(13-18)24-20-14-16(9-10-22(20)30-33-24)21-11-12-27-25(28-21)29-23(31)15-32-19-7-2-1-3-8-19/h1-14H,15H2,(H,27,28,29,31). The number of rotatable bonds is 6. The van der Waals surface area contributed by atoms with E-state index >= 15 is 0 Å². The van der Waals surface area contributed by atoms with Crippen LogP contribution in [0.2, 0.25) is 0 Å². The fourth-order valence-electron chi connectivity index (χ4n) is 3.34. The maximum absolute atomic E-state index is 12.3. The minimum Gasteiger partial charge on any atom is -0.484 e. The Hall–Kier alpha value is -4.04. The largest absolute Gasteiger partial charge is 0.484 e. The molecule has 5 rings (SSSR count). The van der Waals surface area contributed by atoms with Gasteiger partial charge in [-0.2, -0.15) is 0 Å². The second-order valence-corrected chi connectivity index (χ2v) is 8.09. The molecule has 162 valence electrons. The average molecular weight is 501 g/mol. The van der Waals surface area contributed by atoms with Crippen molar-refractivity contribution in [3.63, 3.8) is 0 Å². The number of nitrogens with one attached hydrogen (secondary N) is 1. The first-order valence-corrected chi connectivity index (χ1v) is 10.9. The molecule has 5 aromatic rings. The van der Waals surface area contributed by atoms with Crippen LogP contribution in [0.5, 0.6) is 5.75 Å². The number of halogens is 1. The number of aromatic nitrogens is 3. The SMILES string of the molecule is O=C(COc1ccccc1)Nc1nccc(-c2ccc3noc(-c4cccc(Br)c4)c3c2)n1. The van der Waals surface area contributed by atoms with E-state index in [1.54, 1.807) is 24.4 Å². The summed E-state index contributed by atoms with van der Waals surface area (Å²) in [5, 5.41) is 7.71. The van der Waals surface area contributed by atoms with E-state index in [0.29, 0.717) is 17.2 Å². The number of carbonyl (C=O) groups excluding carboxylic acids is 1. The number of hydrogen-bond acceptors (Lipinski definition) is 6. The number of carbonyl (C=O) groups is 1. The fraction of sp³-hybridized carbons (Fsp3) is 0.0400. The summed E-state index contributed by atoms with van der Waals surface area (Å²) < 4.78 is 12.0. The van der Waals surface area contributed by atoms with Gasteiger partial charge in [-0.05, 0) is 42.5 Å². The van der Waals surface area contributed by atoms with Crippen molar-refractivity contribution in [3.8, 4) is 28.3 Å². The molecule has 0 radical (unpaired) electrons. The Morgan fingerprint density at radius 1 is 0.970 bits per heavy atom. The topological polar surface area (TPSA) is 90.1 Å². The number of anilines is 1. The van der Waals surface area contributed by atoms with Gasteiger partial charge in [-0.3, -0.25) is 10.1 Å². The summed E-state index contributed by atoms with van der Waals surface area (Å²) in [5.41, 5.74) is 3.17. The summed E-state index contributed by atoms with van der Waals surface area (Å²) >= 11 is 3.49. The molecule has 0 spiro atoms. The van der Waals surface area contributed by atoms with Gasteiger partial charge in [0.1, 0.15) is 11.3 Å². The molecule has 1 amide bonds. The van der Waals surface area contributed by atoms with Crippen LogP contribution in [0, 0.1) is 0 Å². The van der Waals surface area contributed by atoms with Crippen molar-refractivity contribution in [1.82, 2.24) is 15.1 Å². The highest BCUT2D eigenvalue weighted by Crippen LogP contribution is 2.33. The molecule has 0 bridgehead atoms. The number of benzene rings is 3. The van der Waals surface area contributed by atoms with Crippen LogP contribution >= 0.6 is 15.9 Å². The van der Waals surface area contributed by atoms with Crippen molar-refractivity contribution in [2.45, 2.75) is 0 Å². The molecule has 2 aromatic heterocycles. The number of hydrogen-bond donors (Lipinski definition) is 1. The minimum absolute atomic E-state index is 0.139. The molecule has 33 heavy (non-hydrogen) atoms. The van der Waals surface area contributed by atoms with Crippen molar-refractivity contribution in [1.29, 1.82) is 0 Å². The van der Waals surface area contributed by atoms with Gasteiger partial charge in [-0.1, -0.05) is 57.5 Å². The lowest BCUT2D eigenvalue weighted by Gasteiger charge is -2.07. The Bertz CT molecular complexity index is 1440. The lowest BCUT2D eigenvalue weighted by atomic mass is 10.0. The lowest BCUT2D eigenvalue weighted by Crippen LogP contribution is -2.21. The predicted molar refractivity (Wildman–Crippen MR) is 129 cm³/mol. The van der Waals surface area contributed by atoms with Gasteiger partial charge in [-0.25, -0.2) is 9.97 Å². The summed E-state index contributed by atoms with van der Waals surface area (Å²) in [7, 11) is 0. The summed E-state index contributed by atoms with van der Waals surface area (Å²) in [6, 6.07) is 24.5. The van der Waals surface area contributed by atoms with E-state index in [1.807, 2.05) is 60.7 Å². The fourth-order valence-corrected chi connectivity index (χ4v) is 3.74. The van der Waals surface area contributed by atoms with E-state index in [1.165, 1.54) is 0 Å². The second kappa shape index (κ2) is 9.22. The zero-order valence-electron chi connectivity index (χ0n) is 17.2. The highest BCUT2D eigenvalue weighted by atomic mass is 79.9. The number of ether oxygens (including phenoxy) is 1. The maximum atomic E-state index is 12.3. The molecule has 0 saturated heterocycles. The highest BCUT2D eigenvalue weighted by molar-refractivity contribution is 9.10. The van der Waals surface area contributed by atoms with Crippen LogP contribution in [-0.2, 0) is 4.79 Å². The monoisotopic (exact) mass is 500 g/mol. The molecular weight excluding hydrogens is 484 g/mol. The first-order chi connectivity index (χ1) is 16.2. The highest BCUT2D eigenvalue weighted by Gasteiger charge is 2.14. The van der Waals surface area contributed by atoms with E-state index in [2.05, 4.69) is 36.4 Å². The third kappa shape index (κ3) is 4.75. The number of nitrogens with zero attached hydrogens (tertiary/aromatic N) is 3. The molecule has 7 nitrogen and oxygen atoms in total. The molecule has 0 atom stereocenters. The molecule has 1 N–H and O–H groups in total.